The Balaban J connectivity index is 2.79. The van der Waals surface area contributed by atoms with Crippen LogP contribution in [0.3, 0.4) is 0 Å². The van der Waals surface area contributed by atoms with Gasteiger partial charge in [0, 0.05) is 9.75 Å². The van der Waals surface area contributed by atoms with Gasteiger partial charge in [-0.2, -0.15) is 0 Å². The average Bonchev–Trinajstić information content (AvgIpc) is 2.61. The molecule has 0 fully saturated rings. The van der Waals surface area contributed by atoms with Gasteiger partial charge in [-0.1, -0.05) is 36.0 Å². The number of thiophene rings is 1. The topological polar surface area (TPSA) is 17.1 Å². The van der Waals surface area contributed by atoms with Crippen molar-refractivity contribution in [3.05, 3.63) is 62.4 Å². The van der Waals surface area contributed by atoms with Crippen molar-refractivity contribution in [3.8, 4) is 0 Å². The third-order valence-corrected chi connectivity index (χ3v) is 4.32. The number of aldehydes is 1. The zero-order chi connectivity index (χ0) is 15.1. The molecule has 0 saturated heterocycles. The molecule has 1 aromatic heterocycles. The summed E-state index contributed by atoms with van der Waals surface area (Å²) in [4.78, 5) is 13.1. The fourth-order valence-corrected chi connectivity index (χ4v) is 2.90. The highest BCUT2D eigenvalue weighted by Crippen LogP contribution is 2.27. The quantitative estimate of drug-likeness (QED) is 0.406. The summed E-state index contributed by atoms with van der Waals surface area (Å²) in [6.45, 7) is 10.5. The second kappa shape index (κ2) is 7.81. The monoisotopic (exact) mass is 286 g/mol. The lowest BCUT2D eigenvalue weighted by atomic mass is 10.1. The Morgan fingerprint density at radius 1 is 0.950 bits per heavy atom. The summed E-state index contributed by atoms with van der Waals surface area (Å²) in [5.41, 5.74) is 4.84. The lowest BCUT2D eigenvalue weighted by Gasteiger charge is -1.95. The maximum absolute atomic E-state index is 10.3. The molecule has 0 spiro atoms. The van der Waals surface area contributed by atoms with Gasteiger partial charge < -0.3 is 0 Å². The van der Waals surface area contributed by atoms with Gasteiger partial charge in [0.1, 0.15) is 6.29 Å². The predicted molar refractivity (Wildman–Crippen MR) is 90.3 cm³/mol. The third-order valence-electron chi connectivity index (χ3n) is 3.18. The molecule has 0 atom stereocenters. The second-order valence-corrected chi connectivity index (χ2v) is 6.33. The second-order valence-electron chi connectivity index (χ2n) is 4.90. The van der Waals surface area contributed by atoms with E-state index < -0.39 is 0 Å². The molecule has 0 bridgehead atoms. The summed E-state index contributed by atoms with van der Waals surface area (Å²) < 4.78 is 0. The maximum Gasteiger partial charge on any atom is 0.143 e. The number of hydrogen-bond donors (Lipinski definition) is 0. The molecule has 0 aliphatic heterocycles. The zero-order valence-corrected chi connectivity index (χ0v) is 13.7. The summed E-state index contributed by atoms with van der Waals surface area (Å²) in [5.74, 6) is 0. The Morgan fingerprint density at radius 3 is 2.15 bits per heavy atom. The number of rotatable bonds is 5. The number of aryl methyl sites for hydroxylation is 2. The van der Waals surface area contributed by atoms with Crippen LogP contribution in [0.15, 0.2) is 41.5 Å². The van der Waals surface area contributed by atoms with Crippen molar-refractivity contribution in [1.82, 2.24) is 0 Å². The third kappa shape index (κ3) is 4.78. The highest BCUT2D eigenvalue weighted by molar-refractivity contribution is 7.12. The van der Waals surface area contributed by atoms with Crippen LogP contribution in [-0.4, -0.2) is 6.29 Å². The van der Waals surface area contributed by atoms with Gasteiger partial charge in [0.2, 0.25) is 0 Å². The van der Waals surface area contributed by atoms with Crippen molar-refractivity contribution in [2.24, 2.45) is 0 Å². The molecule has 1 heterocycles. The fourth-order valence-electron chi connectivity index (χ4n) is 1.84. The number of hydrogen-bond acceptors (Lipinski definition) is 2. The standard InChI is InChI=1S/C18H22OS/c1-13(7-6-8-14(2)11-12-19)9-10-18-15(3)16(4)20-17(18)5/h6-12H,1-5H3/b8-6?,10-9?,13-7?,14-11+. The Bertz CT molecular complexity index is 595. The lowest BCUT2D eigenvalue weighted by Crippen LogP contribution is -1.77. The van der Waals surface area contributed by atoms with E-state index in [1.54, 1.807) is 6.08 Å². The van der Waals surface area contributed by atoms with Gasteiger partial charge in [-0.05, 0) is 57.4 Å². The van der Waals surface area contributed by atoms with E-state index in [1.165, 1.54) is 26.5 Å². The van der Waals surface area contributed by atoms with E-state index in [9.17, 15) is 4.79 Å². The van der Waals surface area contributed by atoms with Crippen LogP contribution in [0.25, 0.3) is 6.08 Å². The van der Waals surface area contributed by atoms with E-state index in [0.29, 0.717) is 0 Å². The van der Waals surface area contributed by atoms with Crippen molar-refractivity contribution < 1.29 is 4.79 Å². The first-order chi connectivity index (χ1) is 9.45. The highest BCUT2D eigenvalue weighted by atomic mass is 32.1. The maximum atomic E-state index is 10.3. The summed E-state index contributed by atoms with van der Waals surface area (Å²) in [5, 5.41) is 0. The minimum Gasteiger partial charge on any atom is -0.299 e. The van der Waals surface area contributed by atoms with Crippen LogP contribution in [-0.2, 0) is 4.79 Å². The number of carbonyl (C=O) groups is 1. The summed E-state index contributed by atoms with van der Waals surface area (Å²) >= 11 is 1.85. The molecular weight excluding hydrogens is 264 g/mol. The van der Waals surface area contributed by atoms with Crippen LogP contribution in [0.4, 0.5) is 0 Å². The van der Waals surface area contributed by atoms with E-state index in [0.717, 1.165) is 11.9 Å². The van der Waals surface area contributed by atoms with Crippen LogP contribution in [0.1, 0.15) is 34.7 Å². The Morgan fingerprint density at radius 2 is 1.60 bits per heavy atom. The molecule has 20 heavy (non-hydrogen) atoms. The van der Waals surface area contributed by atoms with Gasteiger partial charge >= 0.3 is 0 Å². The lowest BCUT2D eigenvalue weighted by molar-refractivity contribution is -0.104. The van der Waals surface area contributed by atoms with Gasteiger partial charge in [-0.15, -0.1) is 11.3 Å². The molecular formula is C18H22OS. The van der Waals surface area contributed by atoms with Gasteiger partial charge in [-0.25, -0.2) is 0 Å². The molecule has 0 saturated carbocycles. The van der Waals surface area contributed by atoms with E-state index in [1.807, 2.05) is 36.5 Å². The molecule has 1 rings (SSSR count). The van der Waals surface area contributed by atoms with E-state index in [4.69, 9.17) is 0 Å². The van der Waals surface area contributed by atoms with Crippen molar-refractivity contribution in [2.75, 3.05) is 0 Å². The molecule has 0 aromatic carbocycles. The average molecular weight is 286 g/mol. The molecule has 0 unspecified atom stereocenters. The van der Waals surface area contributed by atoms with E-state index in [2.05, 4.69) is 39.8 Å². The van der Waals surface area contributed by atoms with Crippen molar-refractivity contribution >= 4 is 23.7 Å². The SMILES string of the molecule is CC(C=Cc1c(C)sc(C)c1C)=CC=C/C(C)=C/C=O. The number of allylic oxidation sites excluding steroid dienone is 7. The smallest absolute Gasteiger partial charge is 0.143 e. The summed E-state index contributed by atoms with van der Waals surface area (Å²) in [6.07, 6.45) is 12.6. The minimum atomic E-state index is 0.806. The normalized spacial score (nSPS) is 13.7. The first kappa shape index (κ1) is 16.4. The van der Waals surface area contributed by atoms with Gasteiger partial charge in [0.25, 0.3) is 0 Å². The van der Waals surface area contributed by atoms with E-state index >= 15 is 0 Å². The van der Waals surface area contributed by atoms with Gasteiger partial charge in [-0.3, -0.25) is 4.79 Å². The molecule has 1 aromatic rings. The van der Waals surface area contributed by atoms with Gasteiger partial charge in [0.05, 0.1) is 0 Å². The molecule has 2 heteroatoms. The van der Waals surface area contributed by atoms with Crippen LogP contribution >= 0.6 is 11.3 Å². The summed E-state index contributed by atoms with van der Waals surface area (Å²) in [7, 11) is 0. The van der Waals surface area contributed by atoms with Crippen molar-refractivity contribution in [1.29, 1.82) is 0 Å². The van der Waals surface area contributed by atoms with Gasteiger partial charge in [0.15, 0.2) is 0 Å². The number of carbonyl (C=O) groups excluding carboxylic acids is 1. The Labute approximate surface area is 126 Å². The highest BCUT2D eigenvalue weighted by Gasteiger charge is 2.05. The van der Waals surface area contributed by atoms with Crippen molar-refractivity contribution in [2.45, 2.75) is 34.6 Å². The molecule has 0 amide bonds. The Hall–Kier alpha value is -1.67. The molecule has 0 aliphatic carbocycles. The summed E-state index contributed by atoms with van der Waals surface area (Å²) in [6, 6.07) is 0. The zero-order valence-electron chi connectivity index (χ0n) is 12.9. The predicted octanol–water partition coefficient (Wildman–Crippen LogP) is 5.33. The Kier molecular flexibility index (Phi) is 6.40. The largest absolute Gasteiger partial charge is 0.299 e. The first-order valence-corrected chi connectivity index (χ1v) is 7.49. The molecule has 0 N–H and O–H groups in total. The fraction of sp³-hybridized carbons (Fsp3) is 0.278. The van der Waals surface area contributed by atoms with Crippen LogP contribution < -0.4 is 0 Å². The van der Waals surface area contributed by atoms with Crippen LogP contribution in [0.2, 0.25) is 0 Å². The molecule has 0 radical (unpaired) electrons. The molecule has 1 nitrogen and oxygen atoms in total. The first-order valence-electron chi connectivity index (χ1n) is 6.67. The van der Waals surface area contributed by atoms with Crippen LogP contribution in [0.5, 0.6) is 0 Å². The molecule has 0 aliphatic rings. The van der Waals surface area contributed by atoms with Crippen molar-refractivity contribution in [3.63, 3.8) is 0 Å². The minimum absolute atomic E-state index is 0.806. The van der Waals surface area contributed by atoms with Crippen LogP contribution in [0, 0.1) is 20.8 Å². The van der Waals surface area contributed by atoms with E-state index in [-0.39, 0.29) is 0 Å². The molecule has 106 valence electrons.